The van der Waals surface area contributed by atoms with Crippen molar-refractivity contribution >= 4 is 17.6 Å². The molecule has 5 aliphatic rings. The molecule has 1 aliphatic heterocycles. The van der Waals surface area contributed by atoms with E-state index in [1.807, 2.05) is 6.08 Å². The van der Waals surface area contributed by atoms with Crippen LogP contribution in [0.15, 0.2) is 16.8 Å². The Bertz CT molecular complexity index is 956. The molecular weight excluding hydrogens is 466 g/mol. The molecule has 6 atom stereocenters. The number of allylic oxidation sites excluding steroid dienone is 1. The van der Waals surface area contributed by atoms with Gasteiger partial charge in [-0.25, -0.2) is 4.79 Å². The number of fused-ring (bicyclic) bond motifs is 5. The number of oxime groups is 1. The summed E-state index contributed by atoms with van der Waals surface area (Å²) in [6.07, 6.45) is 10.4. The average molecular weight is 514 g/mol. The second kappa shape index (κ2) is 10.4. The van der Waals surface area contributed by atoms with Gasteiger partial charge >= 0.3 is 6.09 Å². The number of hydrogen-bond acceptors (Lipinski definition) is 6. The van der Waals surface area contributed by atoms with E-state index in [1.54, 1.807) is 4.90 Å². The van der Waals surface area contributed by atoms with E-state index in [0.717, 1.165) is 37.4 Å². The van der Waals surface area contributed by atoms with Crippen LogP contribution in [-0.4, -0.2) is 60.9 Å². The van der Waals surface area contributed by atoms with E-state index < -0.39 is 0 Å². The average Bonchev–Trinajstić information content (AvgIpc) is 3.18. The highest BCUT2D eigenvalue weighted by Gasteiger charge is 2.59. The van der Waals surface area contributed by atoms with Gasteiger partial charge in [-0.1, -0.05) is 38.4 Å². The molecule has 4 aliphatic carbocycles. The molecule has 0 radical (unpaired) electrons. The standard InChI is InChI=1S/C30H47N3O4/c1-19(2)31-14-15-33(22-17-36-18-22)28(35)37-32-20(3)25-8-9-26-24-7-6-21-16-23(34)10-12-29(21,4)27(24)11-13-30(25,26)5/h16,19,22,24-27,31H,6-15,17-18H2,1-5H3/b32-20+/t24-,25+,26-,27-,29-,30+/m0/s1. The van der Waals surface area contributed by atoms with Crippen molar-refractivity contribution < 1.29 is 19.2 Å². The molecule has 0 aromatic heterocycles. The highest BCUT2D eigenvalue weighted by Crippen LogP contribution is 2.66. The van der Waals surface area contributed by atoms with Crippen LogP contribution in [0.2, 0.25) is 0 Å². The molecule has 3 saturated carbocycles. The van der Waals surface area contributed by atoms with E-state index in [4.69, 9.17) is 9.57 Å². The topological polar surface area (TPSA) is 80.2 Å². The molecule has 0 aromatic rings. The molecule has 5 rings (SSSR count). The van der Waals surface area contributed by atoms with Gasteiger partial charge in [0.25, 0.3) is 0 Å². The first kappa shape index (κ1) is 26.9. The molecule has 7 nitrogen and oxygen atoms in total. The fraction of sp³-hybridized carbons (Fsp3) is 0.833. The van der Waals surface area contributed by atoms with Crippen LogP contribution in [0.3, 0.4) is 0 Å². The highest BCUT2D eigenvalue weighted by molar-refractivity contribution is 5.91. The molecule has 1 N–H and O–H groups in total. The Balaban J connectivity index is 1.25. The summed E-state index contributed by atoms with van der Waals surface area (Å²) in [4.78, 5) is 32.5. The van der Waals surface area contributed by atoms with Crippen LogP contribution in [0.4, 0.5) is 4.79 Å². The lowest BCUT2D eigenvalue weighted by atomic mass is 9.46. The van der Waals surface area contributed by atoms with Gasteiger partial charge in [0.05, 0.1) is 25.0 Å². The molecule has 0 aromatic carbocycles. The number of nitrogens with one attached hydrogen (secondary N) is 1. The van der Waals surface area contributed by atoms with Gasteiger partial charge in [-0.15, -0.1) is 0 Å². The summed E-state index contributed by atoms with van der Waals surface area (Å²) in [5, 5.41) is 7.83. The third-order valence-corrected chi connectivity index (χ3v) is 10.9. The van der Waals surface area contributed by atoms with Crippen LogP contribution in [0, 0.1) is 34.5 Å². The maximum atomic E-state index is 13.0. The Labute approximate surface area is 222 Å². The Morgan fingerprint density at radius 2 is 1.95 bits per heavy atom. The van der Waals surface area contributed by atoms with Crippen LogP contribution >= 0.6 is 0 Å². The zero-order chi connectivity index (χ0) is 26.4. The first-order chi connectivity index (χ1) is 17.6. The second-order valence-corrected chi connectivity index (χ2v) is 13.2. The lowest BCUT2D eigenvalue weighted by Gasteiger charge is -2.58. The molecule has 0 bridgehead atoms. The maximum absolute atomic E-state index is 13.0. The van der Waals surface area contributed by atoms with Crippen molar-refractivity contribution in [1.82, 2.24) is 10.2 Å². The number of ether oxygens (including phenoxy) is 1. The van der Waals surface area contributed by atoms with Crippen LogP contribution in [-0.2, 0) is 14.4 Å². The molecular formula is C30H47N3O4. The third kappa shape index (κ3) is 4.91. The van der Waals surface area contributed by atoms with Crippen LogP contribution in [0.1, 0.15) is 86.0 Å². The molecule has 0 unspecified atom stereocenters. The van der Waals surface area contributed by atoms with Crippen LogP contribution < -0.4 is 5.32 Å². The minimum Gasteiger partial charge on any atom is -0.377 e. The van der Waals surface area contributed by atoms with E-state index in [9.17, 15) is 9.59 Å². The molecule has 37 heavy (non-hydrogen) atoms. The van der Waals surface area contributed by atoms with Crippen molar-refractivity contribution in [3.63, 3.8) is 0 Å². The van der Waals surface area contributed by atoms with Crippen molar-refractivity contribution in [2.45, 2.75) is 98.1 Å². The van der Waals surface area contributed by atoms with Crippen molar-refractivity contribution in [2.75, 3.05) is 26.3 Å². The zero-order valence-corrected chi connectivity index (χ0v) is 23.6. The number of amides is 1. The molecule has 206 valence electrons. The first-order valence-electron chi connectivity index (χ1n) is 14.7. The summed E-state index contributed by atoms with van der Waals surface area (Å²) in [6, 6.07) is 0.444. The van der Waals surface area contributed by atoms with Gasteiger partial charge in [-0.2, -0.15) is 0 Å². The first-order valence-corrected chi connectivity index (χ1v) is 14.7. The van der Waals surface area contributed by atoms with E-state index in [0.29, 0.717) is 55.8 Å². The predicted octanol–water partition coefficient (Wildman–Crippen LogP) is 5.35. The second-order valence-electron chi connectivity index (χ2n) is 13.2. The van der Waals surface area contributed by atoms with Crippen molar-refractivity contribution in [3.8, 4) is 0 Å². The molecule has 7 heteroatoms. The predicted molar refractivity (Wildman–Crippen MR) is 144 cm³/mol. The minimum atomic E-state index is -0.368. The molecule has 0 spiro atoms. The smallest absolute Gasteiger partial charge is 0.377 e. The van der Waals surface area contributed by atoms with Crippen LogP contribution in [0.25, 0.3) is 0 Å². The fourth-order valence-corrected chi connectivity index (χ4v) is 8.77. The number of carbonyl (C=O) groups is 2. The van der Waals surface area contributed by atoms with Crippen molar-refractivity contribution in [2.24, 2.45) is 39.7 Å². The summed E-state index contributed by atoms with van der Waals surface area (Å²) in [5.41, 5.74) is 2.80. The van der Waals surface area contributed by atoms with E-state index in [2.05, 4.69) is 45.1 Å². The van der Waals surface area contributed by atoms with Gasteiger partial charge in [0.15, 0.2) is 5.78 Å². The van der Waals surface area contributed by atoms with E-state index in [-0.39, 0.29) is 23.0 Å². The van der Waals surface area contributed by atoms with E-state index in [1.165, 1.54) is 31.3 Å². The maximum Gasteiger partial charge on any atom is 0.436 e. The lowest BCUT2D eigenvalue weighted by Crippen LogP contribution is -2.53. The quantitative estimate of drug-likeness (QED) is 0.282. The van der Waals surface area contributed by atoms with Gasteiger partial charge in [0.1, 0.15) is 0 Å². The number of rotatable bonds is 7. The van der Waals surface area contributed by atoms with E-state index >= 15 is 0 Å². The lowest BCUT2D eigenvalue weighted by molar-refractivity contribution is -0.117. The van der Waals surface area contributed by atoms with Gasteiger partial charge in [0.2, 0.25) is 0 Å². The number of ketones is 1. The number of hydrogen-bond donors (Lipinski definition) is 1. The third-order valence-electron chi connectivity index (χ3n) is 10.9. The Kier molecular flexibility index (Phi) is 7.58. The summed E-state index contributed by atoms with van der Waals surface area (Å²) in [6.45, 7) is 13.6. The van der Waals surface area contributed by atoms with Crippen LogP contribution in [0.5, 0.6) is 0 Å². The molecule has 1 heterocycles. The van der Waals surface area contributed by atoms with Gasteiger partial charge in [-0.05, 0) is 86.5 Å². The Morgan fingerprint density at radius 1 is 1.16 bits per heavy atom. The molecule has 1 amide bonds. The largest absolute Gasteiger partial charge is 0.436 e. The summed E-state index contributed by atoms with van der Waals surface area (Å²) < 4.78 is 5.34. The fourth-order valence-electron chi connectivity index (χ4n) is 8.77. The number of nitrogens with zero attached hydrogens (tertiary/aromatic N) is 2. The van der Waals surface area contributed by atoms with Crippen molar-refractivity contribution in [3.05, 3.63) is 11.6 Å². The van der Waals surface area contributed by atoms with Gasteiger partial charge in [0, 0.05) is 31.5 Å². The Morgan fingerprint density at radius 3 is 2.65 bits per heavy atom. The molecule has 4 fully saturated rings. The highest BCUT2D eigenvalue weighted by atomic mass is 16.7. The SMILES string of the molecule is C/C(=N\OC(=O)N(CCNC(C)C)C1COC1)[C@H]1CC[C@H]2[C@@H]3CCC4=CC(=O)CC[C@]4(C)[C@H]3CC[C@]12C. The zero-order valence-electron chi connectivity index (χ0n) is 23.6. The number of carbonyl (C=O) groups excluding carboxylic acids is 2. The van der Waals surface area contributed by atoms with Gasteiger partial charge < -0.3 is 10.1 Å². The Hall–Kier alpha value is -1.73. The minimum absolute atomic E-state index is 0.0716. The summed E-state index contributed by atoms with van der Waals surface area (Å²) in [5.74, 6) is 2.77. The van der Waals surface area contributed by atoms with Crippen molar-refractivity contribution in [1.29, 1.82) is 0 Å². The normalized spacial score (nSPS) is 37.8. The van der Waals surface area contributed by atoms with Gasteiger partial charge in [-0.3, -0.25) is 14.5 Å². The summed E-state index contributed by atoms with van der Waals surface area (Å²) in [7, 11) is 0. The summed E-state index contributed by atoms with van der Waals surface area (Å²) >= 11 is 0. The molecule has 1 saturated heterocycles. The monoisotopic (exact) mass is 513 g/mol.